The summed E-state index contributed by atoms with van der Waals surface area (Å²) in [5.74, 6) is 0.661. The van der Waals surface area contributed by atoms with Crippen LogP contribution >= 0.6 is 11.6 Å². The zero-order chi connectivity index (χ0) is 22.4. The minimum absolute atomic E-state index is 0.102. The molecular weight excluding hydrogens is 432 g/mol. The Morgan fingerprint density at radius 3 is 2.59 bits per heavy atom. The van der Waals surface area contributed by atoms with Gasteiger partial charge in [-0.3, -0.25) is 23.2 Å². The van der Waals surface area contributed by atoms with E-state index < -0.39 is 5.69 Å². The lowest BCUT2D eigenvalue weighted by Gasteiger charge is -2.26. The van der Waals surface area contributed by atoms with Crippen molar-refractivity contribution in [2.45, 2.75) is 20.0 Å². The Labute approximate surface area is 189 Å². The highest BCUT2D eigenvalue weighted by atomic mass is 35.5. The maximum absolute atomic E-state index is 13.4. The molecule has 4 aromatic rings. The van der Waals surface area contributed by atoms with Gasteiger partial charge in [-0.15, -0.1) is 0 Å². The molecule has 0 radical (unpaired) electrons. The Bertz CT molecular complexity index is 1420. The minimum atomic E-state index is -0.417. The Morgan fingerprint density at radius 2 is 1.84 bits per heavy atom. The molecule has 32 heavy (non-hydrogen) atoms. The molecule has 0 N–H and O–H groups in total. The van der Waals surface area contributed by atoms with Gasteiger partial charge in [-0.05, 0) is 18.6 Å². The molecule has 0 atom stereocenters. The number of nitrogens with zero attached hydrogens (tertiary/aromatic N) is 6. The molecule has 1 aliphatic rings. The maximum atomic E-state index is 13.4. The number of fused-ring (bicyclic) bond motifs is 3. The van der Waals surface area contributed by atoms with E-state index in [2.05, 4.69) is 9.47 Å². The van der Waals surface area contributed by atoms with Crippen LogP contribution in [0.5, 0.6) is 0 Å². The van der Waals surface area contributed by atoms with Crippen LogP contribution in [-0.4, -0.2) is 60.8 Å². The molecule has 10 heteroatoms. The van der Waals surface area contributed by atoms with Crippen LogP contribution in [0.25, 0.3) is 16.9 Å². The molecule has 9 nitrogen and oxygen atoms in total. The summed E-state index contributed by atoms with van der Waals surface area (Å²) < 4.78 is 12.0. The SMILES string of the molecule is Cc1cn2c3c(=O)n(Cc4ccccc4Cl)c(=O)n(C)c3nc2n1CCN1CCOCC1. The average Bonchev–Trinajstić information content (AvgIpc) is 3.30. The van der Waals surface area contributed by atoms with Crippen molar-refractivity contribution < 1.29 is 4.74 Å². The molecule has 0 aliphatic carbocycles. The highest BCUT2D eigenvalue weighted by molar-refractivity contribution is 6.31. The van der Waals surface area contributed by atoms with Crippen LogP contribution in [-0.2, 0) is 24.9 Å². The number of halogens is 1. The molecular formula is C22H25ClN6O3. The first kappa shape index (κ1) is 21.0. The third-order valence-corrected chi connectivity index (χ3v) is 6.54. The molecule has 0 unspecified atom stereocenters. The molecule has 0 saturated carbocycles. The molecule has 1 fully saturated rings. The van der Waals surface area contributed by atoms with Gasteiger partial charge in [0.15, 0.2) is 11.2 Å². The molecule has 1 saturated heterocycles. The van der Waals surface area contributed by atoms with Gasteiger partial charge in [-0.2, -0.15) is 4.98 Å². The quantitative estimate of drug-likeness (QED) is 0.454. The topological polar surface area (TPSA) is 78.7 Å². The van der Waals surface area contributed by atoms with E-state index in [1.165, 1.54) is 9.13 Å². The van der Waals surface area contributed by atoms with E-state index in [9.17, 15) is 9.59 Å². The van der Waals surface area contributed by atoms with Crippen LogP contribution in [0.3, 0.4) is 0 Å². The zero-order valence-corrected chi connectivity index (χ0v) is 18.9. The minimum Gasteiger partial charge on any atom is -0.379 e. The van der Waals surface area contributed by atoms with Crippen molar-refractivity contribution in [2.75, 3.05) is 32.8 Å². The third-order valence-electron chi connectivity index (χ3n) is 6.17. The molecule has 1 aliphatic heterocycles. The summed E-state index contributed by atoms with van der Waals surface area (Å²) >= 11 is 6.28. The summed E-state index contributed by atoms with van der Waals surface area (Å²) in [4.78, 5) is 33.5. The van der Waals surface area contributed by atoms with Crippen molar-refractivity contribution >= 4 is 28.5 Å². The number of benzene rings is 1. The first-order valence-electron chi connectivity index (χ1n) is 10.7. The van der Waals surface area contributed by atoms with Crippen LogP contribution in [0.2, 0.25) is 5.02 Å². The monoisotopic (exact) mass is 456 g/mol. The Kier molecular flexibility index (Phi) is 5.40. The predicted octanol–water partition coefficient (Wildman–Crippen LogP) is 1.49. The van der Waals surface area contributed by atoms with Gasteiger partial charge in [-0.25, -0.2) is 4.79 Å². The lowest BCUT2D eigenvalue weighted by atomic mass is 10.2. The van der Waals surface area contributed by atoms with E-state index in [4.69, 9.17) is 21.3 Å². The highest BCUT2D eigenvalue weighted by Gasteiger charge is 2.21. The van der Waals surface area contributed by atoms with E-state index in [1.807, 2.05) is 31.3 Å². The van der Waals surface area contributed by atoms with Gasteiger partial charge in [0, 0.05) is 50.1 Å². The fourth-order valence-corrected chi connectivity index (χ4v) is 4.53. The summed E-state index contributed by atoms with van der Waals surface area (Å²) in [6, 6.07) is 7.22. The van der Waals surface area contributed by atoms with Crippen LogP contribution in [0.4, 0.5) is 0 Å². The van der Waals surface area contributed by atoms with Gasteiger partial charge in [0.2, 0.25) is 5.78 Å². The van der Waals surface area contributed by atoms with Crippen molar-refractivity contribution in [3.05, 3.63) is 67.6 Å². The number of morpholine rings is 1. The molecule has 5 rings (SSSR count). The summed E-state index contributed by atoms with van der Waals surface area (Å²) in [5, 5.41) is 0.519. The number of rotatable bonds is 5. The van der Waals surface area contributed by atoms with Crippen LogP contribution in [0.1, 0.15) is 11.3 Å². The first-order chi connectivity index (χ1) is 15.5. The zero-order valence-electron chi connectivity index (χ0n) is 18.1. The van der Waals surface area contributed by atoms with Crippen molar-refractivity contribution in [1.29, 1.82) is 0 Å². The van der Waals surface area contributed by atoms with Crippen molar-refractivity contribution in [1.82, 2.24) is 28.0 Å². The molecule has 0 amide bonds. The summed E-state index contributed by atoms with van der Waals surface area (Å²) in [6.45, 7) is 7.04. The first-order valence-corrected chi connectivity index (χ1v) is 11.0. The van der Waals surface area contributed by atoms with Crippen LogP contribution in [0, 0.1) is 6.92 Å². The summed E-state index contributed by atoms with van der Waals surface area (Å²) in [6.07, 6.45) is 1.91. The van der Waals surface area contributed by atoms with Crippen LogP contribution < -0.4 is 11.2 Å². The smallest absolute Gasteiger partial charge is 0.332 e. The van der Waals surface area contributed by atoms with E-state index >= 15 is 0 Å². The van der Waals surface area contributed by atoms with Crippen molar-refractivity contribution in [3.8, 4) is 0 Å². The number of aromatic nitrogens is 5. The fourth-order valence-electron chi connectivity index (χ4n) is 4.33. The second kappa shape index (κ2) is 8.23. The molecule has 0 spiro atoms. The van der Waals surface area contributed by atoms with Gasteiger partial charge in [0.1, 0.15) is 0 Å². The number of hydrogen-bond acceptors (Lipinski definition) is 5. The van der Waals surface area contributed by atoms with E-state index in [0.717, 1.165) is 45.1 Å². The molecule has 1 aromatic carbocycles. The molecule has 168 valence electrons. The normalized spacial score (nSPS) is 15.2. The number of imidazole rings is 2. The highest BCUT2D eigenvalue weighted by Crippen LogP contribution is 2.18. The van der Waals surface area contributed by atoms with E-state index in [-0.39, 0.29) is 12.1 Å². The second-order valence-electron chi connectivity index (χ2n) is 8.15. The van der Waals surface area contributed by atoms with Crippen molar-refractivity contribution in [3.63, 3.8) is 0 Å². The fraction of sp³-hybridized carbons (Fsp3) is 0.409. The maximum Gasteiger partial charge on any atom is 0.332 e. The van der Waals surface area contributed by atoms with Gasteiger partial charge >= 0.3 is 5.69 Å². The standard InChI is InChI=1S/C22H25ClN6O3/c1-15-13-28-18-19(24-21(28)27(15)8-7-26-9-11-32-12-10-26)25(2)22(31)29(20(18)30)14-16-5-3-4-6-17(16)23/h3-6,13H,7-12,14H2,1-2H3. The van der Waals surface area contributed by atoms with Crippen LogP contribution in [0.15, 0.2) is 40.1 Å². The Hall–Kier alpha value is -2.88. The van der Waals surface area contributed by atoms with Gasteiger partial charge in [0.25, 0.3) is 5.56 Å². The van der Waals surface area contributed by atoms with E-state index in [1.54, 1.807) is 17.5 Å². The second-order valence-corrected chi connectivity index (χ2v) is 8.56. The van der Waals surface area contributed by atoms with Crippen molar-refractivity contribution in [2.24, 2.45) is 7.05 Å². The van der Waals surface area contributed by atoms with Gasteiger partial charge < -0.3 is 9.30 Å². The Balaban J connectivity index is 1.60. The number of ether oxygens (including phenoxy) is 1. The average molecular weight is 457 g/mol. The largest absolute Gasteiger partial charge is 0.379 e. The van der Waals surface area contributed by atoms with Gasteiger partial charge in [0.05, 0.1) is 19.8 Å². The third kappa shape index (κ3) is 3.46. The van der Waals surface area contributed by atoms with Gasteiger partial charge in [-0.1, -0.05) is 29.8 Å². The lowest BCUT2D eigenvalue weighted by Crippen LogP contribution is -2.39. The number of aryl methyl sites for hydroxylation is 2. The molecule has 3 aromatic heterocycles. The molecule has 0 bridgehead atoms. The molecule has 4 heterocycles. The summed E-state index contributed by atoms with van der Waals surface area (Å²) in [5.41, 5.74) is 1.70. The number of hydrogen-bond donors (Lipinski definition) is 0. The Morgan fingerprint density at radius 1 is 1.09 bits per heavy atom. The van der Waals surface area contributed by atoms with E-state index in [0.29, 0.717) is 27.5 Å². The summed E-state index contributed by atoms with van der Waals surface area (Å²) in [7, 11) is 1.64. The lowest BCUT2D eigenvalue weighted by molar-refractivity contribution is 0.0364. The predicted molar refractivity (Wildman–Crippen MR) is 123 cm³/mol.